The zero-order valence-corrected chi connectivity index (χ0v) is 23.0. The molecule has 4 amide bonds. The van der Waals surface area contributed by atoms with Gasteiger partial charge in [0.05, 0.1) is 22.2 Å². The summed E-state index contributed by atoms with van der Waals surface area (Å²) < 4.78 is 44.9. The Bertz CT molecular complexity index is 1770. The average Bonchev–Trinajstić information content (AvgIpc) is 3.00. The lowest BCUT2D eigenvalue weighted by Crippen LogP contribution is -2.41. The van der Waals surface area contributed by atoms with Crippen LogP contribution in [0.4, 0.5) is 29.3 Å². The summed E-state index contributed by atoms with van der Waals surface area (Å²) in [5.41, 5.74) is 4.62. The minimum Gasteiger partial charge on any atom is -0.457 e. The molecule has 1 heterocycles. The number of alkyl halides is 3. The Labute approximate surface area is 253 Å². The van der Waals surface area contributed by atoms with Crippen LogP contribution in [-0.4, -0.2) is 22.8 Å². The van der Waals surface area contributed by atoms with E-state index in [1.165, 1.54) is 60.8 Å². The average molecular weight is 621 g/mol. The number of hydrazine groups is 1. The van der Waals surface area contributed by atoms with Crippen molar-refractivity contribution in [1.82, 2.24) is 15.8 Å². The van der Waals surface area contributed by atoms with Gasteiger partial charge >= 0.3 is 12.2 Å². The molecule has 0 atom stereocenters. The quantitative estimate of drug-likeness (QED) is 0.136. The first kappa shape index (κ1) is 31.1. The first-order chi connectivity index (χ1) is 21.0. The number of anilines is 2. The van der Waals surface area contributed by atoms with Crippen molar-refractivity contribution in [2.45, 2.75) is 6.18 Å². The molecule has 3 aromatic carbocycles. The molecule has 14 heteroatoms. The number of hydrogen-bond acceptors (Lipinski definition) is 6. The predicted octanol–water partition coefficient (Wildman–Crippen LogP) is 6.54. The molecule has 0 aliphatic heterocycles. The molecule has 10 nitrogen and oxygen atoms in total. The smallest absolute Gasteiger partial charge is 0.417 e. The Morgan fingerprint density at radius 1 is 0.886 bits per heavy atom. The molecule has 0 radical (unpaired) electrons. The molecule has 0 fully saturated rings. The number of nitriles is 1. The van der Waals surface area contributed by atoms with Gasteiger partial charge in [-0.25, -0.2) is 4.79 Å². The molecule has 0 aliphatic carbocycles. The number of pyridine rings is 1. The Morgan fingerprint density at radius 2 is 1.61 bits per heavy atom. The Kier molecular flexibility index (Phi) is 9.79. The minimum absolute atomic E-state index is 0.0562. The van der Waals surface area contributed by atoms with Crippen molar-refractivity contribution in [1.29, 1.82) is 5.26 Å². The fourth-order valence-electron chi connectivity index (χ4n) is 3.56. The molecule has 0 saturated heterocycles. The van der Waals surface area contributed by atoms with Crippen molar-refractivity contribution < 1.29 is 32.3 Å². The van der Waals surface area contributed by atoms with Crippen LogP contribution in [0.15, 0.2) is 91.1 Å². The number of aromatic nitrogens is 1. The third-order valence-electron chi connectivity index (χ3n) is 5.58. The molecule has 0 bridgehead atoms. The van der Waals surface area contributed by atoms with Crippen molar-refractivity contribution in [3.8, 4) is 17.6 Å². The van der Waals surface area contributed by atoms with Gasteiger partial charge in [0.15, 0.2) is 0 Å². The number of benzene rings is 3. The van der Waals surface area contributed by atoms with Crippen LogP contribution in [0, 0.1) is 11.3 Å². The van der Waals surface area contributed by atoms with Gasteiger partial charge in [-0.2, -0.15) is 18.4 Å². The summed E-state index contributed by atoms with van der Waals surface area (Å²) in [6, 6.07) is 19.7. The molecule has 4 rings (SSSR count). The summed E-state index contributed by atoms with van der Waals surface area (Å²) in [6.07, 6.45) is -0.681. The first-order valence-corrected chi connectivity index (χ1v) is 12.9. The molecule has 0 aliphatic rings. The van der Waals surface area contributed by atoms with Crippen LogP contribution in [0.5, 0.6) is 11.5 Å². The Morgan fingerprint density at radius 3 is 2.34 bits per heavy atom. The number of urea groups is 1. The van der Waals surface area contributed by atoms with Crippen LogP contribution >= 0.6 is 11.6 Å². The summed E-state index contributed by atoms with van der Waals surface area (Å²) in [4.78, 5) is 40.8. The number of nitrogens with one attached hydrogen (secondary N) is 4. The fourth-order valence-corrected chi connectivity index (χ4v) is 3.79. The SMILES string of the molecule is N#Cc1cccc(/C=C/C(=O)NNC(=O)c2cc(Oc3ccc(NC(=O)Nc4ccc(Cl)c(C(F)(F)F)c4)cc3)ccn2)c1. The largest absolute Gasteiger partial charge is 0.457 e. The number of rotatable bonds is 7. The maximum absolute atomic E-state index is 13.1. The van der Waals surface area contributed by atoms with Gasteiger partial charge in [0.25, 0.3) is 11.8 Å². The van der Waals surface area contributed by atoms with Gasteiger partial charge in [0, 0.05) is 29.7 Å². The van der Waals surface area contributed by atoms with E-state index in [9.17, 15) is 27.6 Å². The lowest BCUT2D eigenvalue weighted by atomic mass is 10.1. The van der Waals surface area contributed by atoms with Crippen LogP contribution in [0.1, 0.15) is 27.2 Å². The number of carbonyl (C=O) groups is 3. The highest BCUT2D eigenvalue weighted by Gasteiger charge is 2.33. The molecule has 44 heavy (non-hydrogen) atoms. The predicted molar refractivity (Wildman–Crippen MR) is 156 cm³/mol. The zero-order valence-electron chi connectivity index (χ0n) is 22.3. The Balaban J connectivity index is 1.29. The van der Waals surface area contributed by atoms with Crippen LogP contribution in [0.25, 0.3) is 6.08 Å². The lowest BCUT2D eigenvalue weighted by Gasteiger charge is -2.12. The third kappa shape index (κ3) is 8.81. The highest BCUT2D eigenvalue weighted by Crippen LogP contribution is 2.36. The van der Waals surface area contributed by atoms with E-state index in [1.807, 2.05) is 6.07 Å². The number of carbonyl (C=O) groups excluding carboxylic acids is 3. The fraction of sp³-hybridized carbons (Fsp3) is 0.0333. The summed E-state index contributed by atoms with van der Waals surface area (Å²) >= 11 is 5.60. The van der Waals surface area contributed by atoms with Crippen molar-refractivity contribution in [3.63, 3.8) is 0 Å². The second-order valence-electron chi connectivity index (χ2n) is 8.79. The molecular weight excluding hydrogens is 601 g/mol. The number of hydrogen-bond donors (Lipinski definition) is 4. The van der Waals surface area contributed by atoms with Gasteiger partial charge < -0.3 is 15.4 Å². The molecule has 4 aromatic rings. The van der Waals surface area contributed by atoms with Gasteiger partial charge in [-0.15, -0.1) is 0 Å². The van der Waals surface area contributed by atoms with Gasteiger partial charge in [-0.1, -0.05) is 23.7 Å². The van der Waals surface area contributed by atoms with Crippen molar-refractivity contribution in [2.75, 3.05) is 10.6 Å². The van der Waals surface area contributed by atoms with Crippen LogP contribution in [0.3, 0.4) is 0 Å². The summed E-state index contributed by atoms with van der Waals surface area (Å²) in [5.74, 6) is -0.748. The van der Waals surface area contributed by atoms with Gasteiger partial charge in [0.1, 0.15) is 17.2 Å². The van der Waals surface area contributed by atoms with E-state index in [4.69, 9.17) is 21.6 Å². The molecular formula is C30H20ClF3N6O4. The topological polar surface area (TPSA) is 145 Å². The van der Waals surface area contributed by atoms with E-state index in [1.54, 1.807) is 24.3 Å². The van der Waals surface area contributed by atoms with E-state index in [0.717, 1.165) is 12.1 Å². The summed E-state index contributed by atoms with van der Waals surface area (Å²) in [6.45, 7) is 0. The zero-order chi connectivity index (χ0) is 31.7. The van der Waals surface area contributed by atoms with Gasteiger partial charge in [-0.3, -0.25) is 25.4 Å². The standard InChI is InChI=1S/C30H20ClF3N6O4/c31-25-10-7-21(15-24(25)30(32,33)34)38-29(43)37-20-5-8-22(9-6-20)44-23-12-13-36-26(16-23)28(42)40-39-27(41)11-4-18-2-1-3-19(14-18)17-35/h1-16H,(H,39,41)(H,40,42)(H2,37,38,43)/b11-4+. The second kappa shape index (κ2) is 13.9. The van der Waals surface area contributed by atoms with Gasteiger partial charge in [-0.05, 0) is 72.3 Å². The Hall–Kier alpha value is -5.87. The molecule has 222 valence electrons. The molecule has 4 N–H and O–H groups in total. The second-order valence-corrected chi connectivity index (χ2v) is 9.20. The minimum atomic E-state index is -4.68. The number of amides is 4. The van der Waals surface area contributed by atoms with Crippen LogP contribution in [0.2, 0.25) is 5.02 Å². The van der Waals surface area contributed by atoms with Crippen molar-refractivity contribution in [2.24, 2.45) is 0 Å². The molecule has 0 spiro atoms. The number of ether oxygens (including phenoxy) is 1. The molecule has 1 aromatic heterocycles. The third-order valence-corrected chi connectivity index (χ3v) is 5.91. The summed E-state index contributed by atoms with van der Waals surface area (Å²) in [7, 11) is 0. The van der Waals surface area contributed by atoms with Gasteiger partial charge in [0.2, 0.25) is 0 Å². The van der Waals surface area contributed by atoms with E-state index >= 15 is 0 Å². The highest BCUT2D eigenvalue weighted by molar-refractivity contribution is 6.31. The highest BCUT2D eigenvalue weighted by atomic mass is 35.5. The van der Waals surface area contributed by atoms with E-state index in [0.29, 0.717) is 22.6 Å². The monoisotopic (exact) mass is 620 g/mol. The first-order valence-electron chi connectivity index (χ1n) is 12.5. The van der Waals surface area contributed by atoms with Crippen LogP contribution < -0.4 is 26.2 Å². The lowest BCUT2D eigenvalue weighted by molar-refractivity contribution is -0.137. The van der Waals surface area contributed by atoms with E-state index in [-0.39, 0.29) is 17.1 Å². The maximum Gasteiger partial charge on any atom is 0.417 e. The van der Waals surface area contributed by atoms with E-state index in [2.05, 4.69) is 26.5 Å². The molecule has 0 unspecified atom stereocenters. The number of nitrogens with zero attached hydrogens (tertiary/aromatic N) is 2. The van der Waals surface area contributed by atoms with Crippen LogP contribution in [-0.2, 0) is 11.0 Å². The van der Waals surface area contributed by atoms with E-state index < -0.39 is 34.6 Å². The molecule has 0 saturated carbocycles. The number of halogens is 4. The summed E-state index contributed by atoms with van der Waals surface area (Å²) in [5, 5.41) is 13.3. The van der Waals surface area contributed by atoms with Crippen molar-refractivity contribution >= 4 is 46.9 Å². The van der Waals surface area contributed by atoms with Crippen molar-refractivity contribution in [3.05, 3.63) is 119 Å². The maximum atomic E-state index is 13.1. The normalized spacial score (nSPS) is 10.9.